The zero-order chi connectivity index (χ0) is 19.1. The van der Waals surface area contributed by atoms with Gasteiger partial charge in [-0.2, -0.15) is 16.6 Å². The van der Waals surface area contributed by atoms with Crippen LogP contribution in [0.1, 0.15) is 26.4 Å². The van der Waals surface area contributed by atoms with E-state index in [9.17, 15) is 10.1 Å². The highest BCUT2D eigenvalue weighted by Gasteiger charge is 2.24. The van der Waals surface area contributed by atoms with Crippen LogP contribution in [0.25, 0.3) is 21.3 Å². The molecule has 3 heterocycles. The van der Waals surface area contributed by atoms with E-state index in [1.54, 1.807) is 12.1 Å². The molecule has 0 spiro atoms. The van der Waals surface area contributed by atoms with Crippen molar-refractivity contribution in [2.24, 2.45) is 0 Å². The van der Waals surface area contributed by atoms with E-state index >= 15 is 0 Å². The number of hydrogen-bond acceptors (Lipinski definition) is 7. The van der Waals surface area contributed by atoms with Crippen molar-refractivity contribution in [3.63, 3.8) is 0 Å². The van der Waals surface area contributed by atoms with Gasteiger partial charge in [0.2, 0.25) is 5.78 Å². The summed E-state index contributed by atoms with van der Waals surface area (Å²) in [6, 6.07) is 11.4. The molecule has 4 N–H and O–H groups in total. The number of carbonyl (C=O) groups is 1. The number of aromatic nitrogens is 1. The van der Waals surface area contributed by atoms with Crippen molar-refractivity contribution >= 4 is 50.2 Å². The first-order chi connectivity index (χ1) is 13.0. The Morgan fingerprint density at radius 3 is 2.56 bits per heavy atom. The summed E-state index contributed by atoms with van der Waals surface area (Å²) in [6.07, 6.45) is 0. The predicted molar refractivity (Wildman–Crippen MR) is 111 cm³/mol. The van der Waals surface area contributed by atoms with Crippen LogP contribution < -0.4 is 11.5 Å². The van der Waals surface area contributed by atoms with Crippen LogP contribution in [0, 0.1) is 18.3 Å². The molecule has 0 saturated carbocycles. The highest BCUT2D eigenvalue weighted by Crippen LogP contribution is 2.43. The molecule has 0 radical (unpaired) electrons. The van der Waals surface area contributed by atoms with E-state index in [1.165, 1.54) is 22.7 Å². The van der Waals surface area contributed by atoms with Gasteiger partial charge in [-0.3, -0.25) is 4.79 Å². The number of rotatable bonds is 3. The van der Waals surface area contributed by atoms with Gasteiger partial charge in [0.05, 0.1) is 5.69 Å². The van der Waals surface area contributed by atoms with Crippen LogP contribution in [0.2, 0.25) is 0 Å². The van der Waals surface area contributed by atoms with Gasteiger partial charge in [-0.25, -0.2) is 4.98 Å². The number of thiophene rings is 2. The van der Waals surface area contributed by atoms with E-state index in [4.69, 9.17) is 11.5 Å². The number of nitrogens with zero attached hydrogens (tertiary/aromatic N) is 2. The average molecular weight is 390 g/mol. The van der Waals surface area contributed by atoms with Crippen LogP contribution >= 0.6 is 22.7 Å². The maximum Gasteiger partial charge on any atom is 0.205 e. The Bertz CT molecular complexity index is 1220. The maximum atomic E-state index is 13.0. The zero-order valence-electron chi connectivity index (χ0n) is 14.3. The summed E-state index contributed by atoms with van der Waals surface area (Å²) in [7, 11) is 0. The van der Waals surface area contributed by atoms with Crippen LogP contribution in [0.15, 0.2) is 41.1 Å². The topological polar surface area (TPSA) is 106 Å². The summed E-state index contributed by atoms with van der Waals surface area (Å²) in [5.74, 6) is -0.0226. The lowest BCUT2D eigenvalue weighted by Gasteiger charge is -2.07. The Labute approximate surface area is 163 Å². The van der Waals surface area contributed by atoms with Crippen LogP contribution in [0.5, 0.6) is 0 Å². The Morgan fingerprint density at radius 1 is 1.19 bits per heavy atom. The number of nitrogens with two attached hydrogens (primary N) is 2. The van der Waals surface area contributed by atoms with Crippen LogP contribution in [-0.4, -0.2) is 10.8 Å². The second-order valence-corrected chi connectivity index (χ2v) is 7.87. The van der Waals surface area contributed by atoms with Gasteiger partial charge in [0, 0.05) is 16.5 Å². The lowest BCUT2D eigenvalue weighted by molar-refractivity contribution is 0.104. The molecule has 132 valence electrons. The summed E-state index contributed by atoms with van der Waals surface area (Å²) in [4.78, 5) is 18.3. The molecule has 27 heavy (non-hydrogen) atoms. The molecule has 0 unspecified atom stereocenters. The second-order valence-electron chi connectivity index (χ2n) is 6.09. The lowest BCUT2D eigenvalue weighted by atomic mass is 9.98. The van der Waals surface area contributed by atoms with Gasteiger partial charge in [-0.05, 0) is 29.3 Å². The molecular formula is C20H14N4OS2. The van der Waals surface area contributed by atoms with E-state index in [1.807, 2.05) is 35.9 Å². The quantitative estimate of drug-likeness (QED) is 0.497. The van der Waals surface area contributed by atoms with Crippen LogP contribution in [0.4, 0.5) is 11.5 Å². The average Bonchev–Trinajstić information content (AvgIpc) is 3.29. The molecule has 0 bridgehead atoms. The van der Waals surface area contributed by atoms with Gasteiger partial charge in [-0.1, -0.05) is 29.8 Å². The number of nitriles is 1. The SMILES string of the molecule is Cc1ccc(C(=O)c2sc3nc(N)c(C#N)c(-c4ccsc4)c3c2N)cc1. The van der Waals surface area contributed by atoms with E-state index in [0.717, 1.165) is 11.1 Å². The highest BCUT2D eigenvalue weighted by atomic mass is 32.1. The number of fused-ring (bicyclic) bond motifs is 1. The minimum absolute atomic E-state index is 0.141. The molecule has 0 amide bonds. The Morgan fingerprint density at radius 2 is 1.93 bits per heavy atom. The summed E-state index contributed by atoms with van der Waals surface area (Å²) in [5, 5.41) is 14.0. The molecule has 7 heteroatoms. The first kappa shape index (κ1) is 17.2. The van der Waals surface area contributed by atoms with Gasteiger partial charge in [0.1, 0.15) is 27.2 Å². The predicted octanol–water partition coefficient (Wildman–Crippen LogP) is 4.60. The summed E-state index contributed by atoms with van der Waals surface area (Å²) < 4.78 is 0. The largest absolute Gasteiger partial charge is 0.397 e. The smallest absolute Gasteiger partial charge is 0.205 e. The zero-order valence-corrected chi connectivity index (χ0v) is 15.9. The van der Waals surface area contributed by atoms with E-state index in [2.05, 4.69) is 11.1 Å². The van der Waals surface area contributed by atoms with Crippen molar-refractivity contribution < 1.29 is 4.79 Å². The third-order valence-electron chi connectivity index (χ3n) is 4.35. The highest BCUT2D eigenvalue weighted by molar-refractivity contribution is 7.21. The number of nitrogen functional groups attached to an aromatic ring is 2. The molecule has 0 aliphatic carbocycles. The molecule has 0 aliphatic rings. The number of anilines is 2. The number of aryl methyl sites for hydroxylation is 1. The lowest BCUT2D eigenvalue weighted by Crippen LogP contribution is -2.02. The monoisotopic (exact) mass is 390 g/mol. The minimum Gasteiger partial charge on any atom is -0.397 e. The van der Waals surface area contributed by atoms with Crippen LogP contribution in [-0.2, 0) is 0 Å². The third-order valence-corrected chi connectivity index (χ3v) is 6.13. The van der Waals surface area contributed by atoms with Crippen molar-refractivity contribution in [3.05, 3.63) is 62.7 Å². The van der Waals surface area contributed by atoms with E-state index in [-0.39, 0.29) is 17.2 Å². The van der Waals surface area contributed by atoms with Crippen molar-refractivity contribution in [2.75, 3.05) is 11.5 Å². The number of carbonyl (C=O) groups excluding carboxylic acids is 1. The van der Waals surface area contributed by atoms with Gasteiger partial charge >= 0.3 is 0 Å². The third kappa shape index (κ3) is 2.76. The van der Waals surface area contributed by atoms with Gasteiger partial charge in [0.15, 0.2) is 0 Å². The van der Waals surface area contributed by atoms with Crippen LogP contribution in [0.3, 0.4) is 0 Å². The second kappa shape index (κ2) is 6.50. The molecule has 0 fully saturated rings. The molecule has 5 nitrogen and oxygen atoms in total. The van der Waals surface area contributed by atoms with Crippen molar-refractivity contribution in [1.29, 1.82) is 5.26 Å². The molecular weight excluding hydrogens is 376 g/mol. The summed E-state index contributed by atoms with van der Waals surface area (Å²) in [5.41, 5.74) is 16.1. The first-order valence-corrected chi connectivity index (χ1v) is 9.82. The molecule has 0 saturated heterocycles. The van der Waals surface area contributed by atoms with Gasteiger partial charge < -0.3 is 11.5 Å². The molecule has 0 aliphatic heterocycles. The van der Waals surface area contributed by atoms with Gasteiger partial charge in [0.25, 0.3) is 0 Å². The Kier molecular flexibility index (Phi) is 4.15. The molecule has 4 aromatic rings. The molecule has 4 rings (SSSR count). The maximum absolute atomic E-state index is 13.0. The molecule has 1 aromatic carbocycles. The number of ketones is 1. The summed E-state index contributed by atoms with van der Waals surface area (Å²) >= 11 is 2.71. The fourth-order valence-corrected chi connectivity index (χ4v) is 4.70. The van der Waals surface area contributed by atoms with Gasteiger partial charge in [-0.15, -0.1) is 11.3 Å². The van der Waals surface area contributed by atoms with Crippen molar-refractivity contribution in [2.45, 2.75) is 6.92 Å². The normalized spacial score (nSPS) is 10.8. The Balaban J connectivity index is 2.00. The van der Waals surface area contributed by atoms with Crippen molar-refractivity contribution in [1.82, 2.24) is 4.98 Å². The number of pyridine rings is 1. The van der Waals surface area contributed by atoms with Crippen molar-refractivity contribution in [3.8, 4) is 17.2 Å². The standard InChI is InChI=1S/C20H14N4OS2/c1-10-2-4-11(5-3-10)17(25)18-16(22)15-14(12-6-7-26-9-12)13(8-21)19(23)24-20(15)27-18/h2-7,9H,22H2,1H3,(H2,23,24). The number of benzene rings is 1. The Hall–Kier alpha value is -3.21. The van der Waals surface area contributed by atoms with E-state index in [0.29, 0.717) is 31.9 Å². The molecule has 3 aromatic heterocycles. The summed E-state index contributed by atoms with van der Waals surface area (Å²) in [6.45, 7) is 1.96. The fourth-order valence-electron chi connectivity index (χ4n) is 2.98. The minimum atomic E-state index is -0.163. The molecule has 0 atom stereocenters. The number of hydrogen-bond donors (Lipinski definition) is 2. The van der Waals surface area contributed by atoms with E-state index < -0.39 is 0 Å². The fraction of sp³-hybridized carbons (Fsp3) is 0.0500. The first-order valence-electron chi connectivity index (χ1n) is 8.06.